The Morgan fingerprint density at radius 3 is 2.58 bits per heavy atom. The lowest BCUT2D eigenvalue weighted by Gasteiger charge is -2.62. The van der Waals surface area contributed by atoms with Crippen molar-refractivity contribution in [3.8, 4) is 0 Å². The highest BCUT2D eigenvalue weighted by molar-refractivity contribution is 5.80. The fourth-order valence-corrected chi connectivity index (χ4v) is 8.83. The number of esters is 1. The van der Waals surface area contributed by atoms with E-state index in [-0.39, 0.29) is 16.8 Å². The molecule has 0 aromatic heterocycles. The van der Waals surface area contributed by atoms with Crippen LogP contribution in [-0.4, -0.2) is 29.1 Å². The zero-order chi connectivity index (χ0) is 22.4. The molecule has 4 rings (SSSR count). The Morgan fingerprint density at radius 1 is 1.10 bits per heavy atom. The van der Waals surface area contributed by atoms with Gasteiger partial charge in [-0.05, 0) is 98.2 Å². The van der Waals surface area contributed by atoms with Gasteiger partial charge in [0.05, 0.1) is 12.2 Å². The third kappa shape index (κ3) is 3.69. The number of hydrogen-bond donors (Lipinski definition) is 1. The maximum atomic E-state index is 12.3. The predicted molar refractivity (Wildman–Crippen MR) is 121 cm³/mol. The van der Waals surface area contributed by atoms with Gasteiger partial charge in [0, 0.05) is 19.3 Å². The van der Waals surface area contributed by atoms with E-state index in [1.54, 1.807) is 0 Å². The molecule has 0 aromatic carbocycles. The summed E-state index contributed by atoms with van der Waals surface area (Å²) < 4.78 is 5.36. The summed E-state index contributed by atoms with van der Waals surface area (Å²) in [5.74, 6) is 3.37. The lowest BCUT2D eigenvalue weighted by molar-refractivity contribution is -0.170. The Hall–Kier alpha value is -0.900. The first-order valence-corrected chi connectivity index (χ1v) is 13.1. The van der Waals surface area contributed by atoms with E-state index in [0.29, 0.717) is 48.4 Å². The Morgan fingerprint density at radius 2 is 1.84 bits per heavy atom. The number of ether oxygens (including phenoxy) is 1. The van der Waals surface area contributed by atoms with Crippen molar-refractivity contribution < 1.29 is 19.4 Å². The van der Waals surface area contributed by atoms with Crippen molar-refractivity contribution in [2.24, 2.45) is 40.4 Å². The number of hydrogen-bond acceptors (Lipinski definition) is 4. The summed E-state index contributed by atoms with van der Waals surface area (Å²) in [4.78, 5) is 23.9. The molecular formula is C27H44O4. The number of carbonyl (C=O) groups is 2. The van der Waals surface area contributed by atoms with Gasteiger partial charge in [0.2, 0.25) is 0 Å². The van der Waals surface area contributed by atoms with E-state index in [0.717, 1.165) is 51.4 Å². The Balaban J connectivity index is 1.45. The summed E-state index contributed by atoms with van der Waals surface area (Å²) in [5, 5.41) is 11.8. The lowest BCUT2D eigenvalue weighted by atomic mass is 9.42. The number of ketones is 1. The van der Waals surface area contributed by atoms with Crippen LogP contribution in [-0.2, 0) is 14.3 Å². The van der Waals surface area contributed by atoms with Crippen molar-refractivity contribution in [2.75, 3.05) is 6.61 Å². The van der Waals surface area contributed by atoms with Gasteiger partial charge in [-0.15, -0.1) is 0 Å². The van der Waals surface area contributed by atoms with Crippen LogP contribution in [0.4, 0.5) is 0 Å². The van der Waals surface area contributed by atoms with Gasteiger partial charge in [-0.1, -0.05) is 27.7 Å². The van der Waals surface area contributed by atoms with Gasteiger partial charge < -0.3 is 9.84 Å². The summed E-state index contributed by atoms with van der Waals surface area (Å²) in [7, 11) is 0. The maximum Gasteiger partial charge on any atom is 0.305 e. The van der Waals surface area contributed by atoms with E-state index in [1.165, 1.54) is 19.3 Å². The minimum atomic E-state index is -0.633. The molecule has 0 spiro atoms. The molecule has 0 aliphatic heterocycles. The molecule has 0 bridgehead atoms. The van der Waals surface area contributed by atoms with Crippen molar-refractivity contribution in [3.63, 3.8) is 0 Å². The smallest absolute Gasteiger partial charge is 0.305 e. The van der Waals surface area contributed by atoms with Gasteiger partial charge in [0.15, 0.2) is 0 Å². The molecule has 0 amide bonds. The number of aliphatic hydroxyl groups is 1. The standard InChI is InChI=1S/C27H44O4/c1-5-7-24(29)31-15-6-12-27(30)14-11-22-21-9-8-19-17-20(28)16-18(2)26(19,4)23(21)10-13-25(22,27)3/h18-19,21-23,30H,5-17H2,1-4H3/t18?,19?,21-,22-,23+,25-,26-,27?/m0/s1. The summed E-state index contributed by atoms with van der Waals surface area (Å²) in [6.45, 7) is 9.59. The molecule has 4 nitrogen and oxygen atoms in total. The molecule has 4 saturated carbocycles. The van der Waals surface area contributed by atoms with Crippen LogP contribution < -0.4 is 0 Å². The van der Waals surface area contributed by atoms with E-state index in [9.17, 15) is 14.7 Å². The average molecular weight is 433 g/mol. The second-order valence-corrected chi connectivity index (χ2v) is 12.0. The van der Waals surface area contributed by atoms with Crippen molar-refractivity contribution >= 4 is 11.8 Å². The maximum absolute atomic E-state index is 12.3. The molecule has 4 heteroatoms. The summed E-state index contributed by atoms with van der Waals surface area (Å²) in [6, 6.07) is 0. The largest absolute Gasteiger partial charge is 0.466 e. The van der Waals surface area contributed by atoms with Crippen molar-refractivity contribution in [3.05, 3.63) is 0 Å². The van der Waals surface area contributed by atoms with Crippen LogP contribution in [0, 0.1) is 40.4 Å². The molecule has 1 N–H and O–H groups in total. The van der Waals surface area contributed by atoms with E-state index in [1.807, 2.05) is 6.92 Å². The zero-order valence-corrected chi connectivity index (χ0v) is 20.3. The predicted octanol–water partition coefficient (Wildman–Crippen LogP) is 5.70. The van der Waals surface area contributed by atoms with Gasteiger partial charge >= 0.3 is 5.97 Å². The van der Waals surface area contributed by atoms with Gasteiger partial charge in [0.25, 0.3) is 0 Å². The topological polar surface area (TPSA) is 63.6 Å². The van der Waals surface area contributed by atoms with Crippen LogP contribution in [0.25, 0.3) is 0 Å². The third-order valence-corrected chi connectivity index (χ3v) is 10.8. The Bertz CT molecular complexity index is 703. The van der Waals surface area contributed by atoms with Crippen LogP contribution in [0.5, 0.6) is 0 Å². The van der Waals surface area contributed by atoms with E-state index in [4.69, 9.17) is 4.74 Å². The number of Topliss-reactive ketones (excluding diaryl/α,β-unsaturated/α-hetero) is 1. The van der Waals surface area contributed by atoms with E-state index >= 15 is 0 Å². The molecule has 176 valence electrons. The highest BCUT2D eigenvalue weighted by Crippen LogP contribution is 2.69. The van der Waals surface area contributed by atoms with Crippen molar-refractivity contribution in [1.29, 1.82) is 0 Å². The monoisotopic (exact) mass is 432 g/mol. The third-order valence-electron chi connectivity index (χ3n) is 10.8. The van der Waals surface area contributed by atoms with Crippen LogP contribution in [0.15, 0.2) is 0 Å². The zero-order valence-electron chi connectivity index (χ0n) is 20.3. The highest BCUT2D eigenvalue weighted by atomic mass is 16.5. The minimum Gasteiger partial charge on any atom is -0.466 e. The summed E-state index contributed by atoms with van der Waals surface area (Å²) in [6.07, 6.45) is 11.1. The SMILES string of the molecule is CCCC(=O)OCCCC1(O)CC[C@H]2[C@@H]3CCC4CC(=O)CC(C)[C@]4(C)[C@@H]3CC[C@@]21C. The van der Waals surface area contributed by atoms with Crippen LogP contribution in [0.3, 0.4) is 0 Å². The first-order chi connectivity index (χ1) is 14.7. The first kappa shape index (κ1) is 23.3. The van der Waals surface area contributed by atoms with Gasteiger partial charge in [-0.25, -0.2) is 0 Å². The summed E-state index contributed by atoms with van der Waals surface area (Å²) in [5.41, 5.74) is -0.378. The van der Waals surface area contributed by atoms with Crippen LogP contribution >= 0.6 is 0 Å². The molecule has 3 unspecified atom stereocenters. The number of rotatable bonds is 6. The average Bonchev–Trinajstić information content (AvgIpc) is 2.98. The second-order valence-electron chi connectivity index (χ2n) is 12.0. The fraction of sp³-hybridized carbons (Fsp3) is 0.926. The Labute approximate surface area is 188 Å². The Kier molecular flexibility index (Phi) is 6.35. The molecule has 0 saturated heterocycles. The minimum absolute atomic E-state index is 0.0293. The molecular weight excluding hydrogens is 388 g/mol. The fourth-order valence-electron chi connectivity index (χ4n) is 8.83. The molecule has 4 aliphatic rings. The molecule has 4 aliphatic carbocycles. The molecule has 0 aromatic rings. The normalized spacial score (nSPS) is 46.7. The summed E-state index contributed by atoms with van der Waals surface area (Å²) >= 11 is 0. The first-order valence-electron chi connectivity index (χ1n) is 13.1. The van der Waals surface area contributed by atoms with Gasteiger partial charge in [-0.3, -0.25) is 9.59 Å². The van der Waals surface area contributed by atoms with Gasteiger partial charge in [0.1, 0.15) is 5.78 Å². The van der Waals surface area contributed by atoms with Crippen molar-refractivity contribution in [2.45, 2.75) is 110 Å². The molecule has 0 heterocycles. The van der Waals surface area contributed by atoms with Gasteiger partial charge in [-0.2, -0.15) is 0 Å². The van der Waals surface area contributed by atoms with Crippen LogP contribution in [0.2, 0.25) is 0 Å². The molecule has 0 radical (unpaired) electrons. The number of carbonyl (C=O) groups excluding carboxylic acids is 2. The second kappa shape index (κ2) is 8.47. The van der Waals surface area contributed by atoms with E-state index in [2.05, 4.69) is 20.8 Å². The molecule has 31 heavy (non-hydrogen) atoms. The highest BCUT2D eigenvalue weighted by Gasteiger charge is 2.65. The van der Waals surface area contributed by atoms with Crippen LogP contribution in [0.1, 0.15) is 105 Å². The number of fused-ring (bicyclic) bond motifs is 5. The quantitative estimate of drug-likeness (QED) is 0.432. The molecule has 4 fully saturated rings. The molecule has 8 atom stereocenters. The van der Waals surface area contributed by atoms with E-state index < -0.39 is 5.60 Å². The lowest BCUT2D eigenvalue weighted by Crippen LogP contribution is -2.58. The van der Waals surface area contributed by atoms with Crippen molar-refractivity contribution in [1.82, 2.24) is 0 Å².